The monoisotopic (exact) mass is 175 g/mol. The molecule has 1 aliphatic rings. The highest BCUT2D eigenvalue weighted by Gasteiger charge is 2.12. The highest BCUT2D eigenvalue weighted by atomic mass is 32.2. The van der Waals surface area contributed by atoms with Crippen LogP contribution in [0.4, 0.5) is 0 Å². The van der Waals surface area contributed by atoms with Crippen molar-refractivity contribution in [2.75, 3.05) is 24.7 Å². The predicted molar refractivity (Wildman–Crippen MR) is 50.0 cm³/mol. The Hall–Kier alpha value is 0.270. The van der Waals surface area contributed by atoms with Gasteiger partial charge >= 0.3 is 0 Å². The lowest BCUT2D eigenvalue weighted by Gasteiger charge is -2.21. The first-order valence-electron chi connectivity index (χ1n) is 4.33. The standard InChI is InChI=1S/C8H17NOS/c9-4-1-5-10-8-2-6-11-7-3-8/h8H,1-7,9H2. The van der Waals surface area contributed by atoms with Crippen LogP contribution in [0.15, 0.2) is 0 Å². The van der Waals surface area contributed by atoms with E-state index in [0.717, 1.165) is 19.6 Å². The molecule has 0 amide bonds. The van der Waals surface area contributed by atoms with Crippen molar-refractivity contribution in [3.05, 3.63) is 0 Å². The van der Waals surface area contributed by atoms with Crippen LogP contribution in [0.1, 0.15) is 19.3 Å². The fraction of sp³-hybridized carbons (Fsp3) is 1.00. The lowest BCUT2D eigenvalue weighted by atomic mass is 10.2. The van der Waals surface area contributed by atoms with Gasteiger partial charge in [-0.25, -0.2) is 0 Å². The molecule has 0 atom stereocenters. The molecule has 1 fully saturated rings. The number of hydrogen-bond donors (Lipinski definition) is 1. The maximum atomic E-state index is 5.63. The summed E-state index contributed by atoms with van der Waals surface area (Å²) < 4.78 is 5.63. The minimum atomic E-state index is 0.530. The molecular weight excluding hydrogens is 158 g/mol. The van der Waals surface area contributed by atoms with Crippen molar-refractivity contribution in [1.82, 2.24) is 0 Å². The third-order valence-electron chi connectivity index (χ3n) is 1.87. The molecule has 0 aromatic rings. The van der Waals surface area contributed by atoms with Gasteiger partial charge in [0.1, 0.15) is 0 Å². The predicted octanol–water partition coefficient (Wildman–Crippen LogP) is 1.25. The smallest absolute Gasteiger partial charge is 0.0590 e. The highest BCUT2D eigenvalue weighted by molar-refractivity contribution is 7.99. The summed E-state index contributed by atoms with van der Waals surface area (Å²) in [6.07, 6.45) is 4.00. The van der Waals surface area contributed by atoms with Crippen molar-refractivity contribution < 1.29 is 4.74 Å². The second-order valence-electron chi connectivity index (χ2n) is 2.82. The van der Waals surface area contributed by atoms with E-state index >= 15 is 0 Å². The van der Waals surface area contributed by atoms with Gasteiger partial charge in [-0.3, -0.25) is 0 Å². The molecule has 2 N–H and O–H groups in total. The highest BCUT2D eigenvalue weighted by Crippen LogP contribution is 2.19. The first-order valence-corrected chi connectivity index (χ1v) is 5.48. The fourth-order valence-corrected chi connectivity index (χ4v) is 2.24. The van der Waals surface area contributed by atoms with E-state index < -0.39 is 0 Å². The Labute approximate surface area is 72.9 Å². The summed E-state index contributed by atoms with van der Waals surface area (Å²) in [5, 5.41) is 0. The molecule has 0 aromatic heterocycles. The zero-order valence-corrected chi connectivity index (χ0v) is 7.74. The molecule has 0 aliphatic carbocycles. The van der Waals surface area contributed by atoms with Crippen molar-refractivity contribution in [1.29, 1.82) is 0 Å². The van der Waals surface area contributed by atoms with E-state index in [1.165, 1.54) is 24.3 Å². The summed E-state index contributed by atoms with van der Waals surface area (Å²) in [5.41, 5.74) is 5.36. The molecule has 66 valence electrons. The van der Waals surface area contributed by atoms with Crippen molar-refractivity contribution in [3.63, 3.8) is 0 Å². The maximum absolute atomic E-state index is 5.63. The summed E-state index contributed by atoms with van der Waals surface area (Å²) in [6, 6.07) is 0. The van der Waals surface area contributed by atoms with Gasteiger partial charge < -0.3 is 10.5 Å². The molecule has 2 nitrogen and oxygen atoms in total. The van der Waals surface area contributed by atoms with Crippen LogP contribution >= 0.6 is 11.8 Å². The summed E-state index contributed by atoms with van der Waals surface area (Å²) in [6.45, 7) is 1.60. The molecule has 3 heteroatoms. The van der Waals surface area contributed by atoms with Gasteiger partial charge in [-0.2, -0.15) is 11.8 Å². The van der Waals surface area contributed by atoms with E-state index in [2.05, 4.69) is 0 Å². The largest absolute Gasteiger partial charge is 0.378 e. The Bertz CT molecular complexity index is 94.1. The summed E-state index contributed by atoms with van der Waals surface area (Å²) in [7, 11) is 0. The fourth-order valence-electron chi connectivity index (χ4n) is 1.18. The van der Waals surface area contributed by atoms with Crippen molar-refractivity contribution in [2.45, 2.75) is 25.4 Å². The van der Waals surface area contributed by atoms with Crippen molar-refractivity contribution >= 4 is 11.8 Å². The van der Waals surface area contributed by atoms with Crippen LogP contribution in [0.2, 0.25) is 0 Å². The normalized spacial score (nSPS) is 20.5. The molecular formula is C8H17NOS. The van der Waals surface area contributed by atoms with Gasteiger partial charge in [-0.1, -0.05) is 0 Å². The quantitative estimate of drug-likeness (QED) is 0.653. The van der Waals surface area contributed by atoms with E-state index in [1.54, 1.807) is 0 Å². The first kappa shape index (κ1) is 9.36. The summed E-state index contributed by atoms with van der Waals surface area (Å²) in [5.74, 6) is 2.54. The van der Waals surface area contributed by atoms with Gasteiger partial charge in [0, 0.05) is 6.61 Å². The van der Waals surface area contributed by atoms with Gasteiger partial charge in [0.05, 0.1) is 6.10 Å². The van der Waals surface area contributed by atoms with Crippen LogP contribution in [0.25, 0.3) is 0 Å². The van der Waals surface area contributed by atoms with Crippen molar-refractivity contribution in [2.24, 2.45) is 5.73 Å². The second-order valence-corrected chi connectivity index (χ2v) is 4.05. The van der Waals surface area contributed by atoms with E-state index in [4.69, 9.17) is 10.5 Å². The van der Waals surface area contributed by atoms with E-state index in [9.17, 15) is 0 Å². The van der Waals surface area contributed by atoms with Gasteiger partial charge in [-0.15, -0.1) is 0 Å². The molecule has 11 heavy (non-hydrogen) atoms. The molecule has 1 saturated heterocycles. The van der Waals surface area contributed by atoms with Crippen LogP contribution in [-0.2, 0) is 4.74 Å². The molecule has 0 radical (unpaired) electrons. The SMILES string of the molecule is NCCCOC1CCSCC1. The van der Waals surface area contributed by atoms with Crippen LogP contribution in [-0.4, -0.2) is 30.8 Å². The van der Waals surface area contributed by atoms with Crippen LogP contribution < -0.4 is 5.73 Å². The van der Waals surface area contributed by atoms with Gasteiger partial charge in [0.25, 0.3) is 0 Å². The Morgan fingerprint density at radius 2 is 2.09 bits per heavy atom. The van der Waals surface area contributed by atoms with Crippen LogP contribution in [0, 0.1) is 0 Å². The first-order chi connectivity index (χ1) is 5.43. The number of rotatable bonds is 4. The second kappa shape index (κ2) is 5.86. The van der Waals surface area contributed by atoms with Gasteiger partial charge in [0.15, 0.2) is 0 Å². The molecule has 0 unspecified atom stereocenters. The Morgan fingerprint density at radius 3 is 2.73 bits per heavy atom. The zero-order chi connectivity index (χ0) is 7.94. The molecule has 0 spiro atoms. The zero-order valence-electron chi connectivity index (χ0n) is 6.92. The summed E-state index contributed by atoms with van der Waals surface area (Å²) >= 11 is 2.03. The molecule has 1 rings (SSSR count). The third-order valence-corrected chi connectivity index (χ3v) is 2.92. The topological polar surface area (TPSA) is 35.2 Å². The van der Waals surface area contributed by atoms with Gasteiger partial charge in [-0.05, 0) is 37.3 Å². The number of nitrogens with two attached hydrogens (primary N) is 1. The number of ether oxygens (including phenoxy) is 1. The molecule has 0 aromatic carbocycles. The van der Waals surface area contributed by atoms with E-state index in [1.807, 2.05) is 11.8 Å². The lowest BCUT2D eigenvalue weighted by molar-refractivity contribution is 0.0475. The summed E-state index contributed by atoms with van der Waals surface area (Å²) in [4.78, 5) is 0. The molecule has 0 saturated carbocycles. The minimum absolute atomic E-state index is 0.530. The Balaban J connectivity index is 1.96. The average molecular weight is 175 g/mol. The maximum Gasteiger partial charge on any atom is 0.0590 e. The van der Waals surface area contributed by atoms with Crippen molar-refractivity contribution in [3.8, 4) is 0 Å². The lowest BCUT2D eigenvalue weighted by Crippen LogP contribution is -2.20. The van der Waals surface area contributed by atoms with Crippen LogP contribution in [0.3, 0.4) is 0 Å². The molecule has 1 heterocycles. The van der Waals surface area contributed by atoms with Gasteiger partial charge in [0.2, 0.25) is 0 Å². The average Bonchev–Trinajstić information content (AvgIpc) is 2.07. The Morgan fingerprint density at radius 1 is 1.36 bits per heavy atom. The Kier molecular flexibility index (Phi) is 4.99. The molecule has 0 bridgehead atoms. The molecule has 1 aliphatic heterocycles. The van der Waals surface area contributed by atoms with E-state index in [-0.39, 0.29) is 0 Å². The number of thioether (sulfide) groups is 1. The van der Waals surface area contributed by atoms with Crippen LogP contribution in [0.5, 0.6) is 0 Å². The van der Waals surface area contributed by atoms with E-state index in [0.29, 0.717) is 6.10 Å². The number of hydrogen-bond acceptors (Lipinski definition) is 3. The third kappa shape index (κ3) is 3.99. The minimum Gasteiger partial charge on any atom is -0.378 e.